The quantitative estimate of drug-likeness (QED) is 0.586. The van der Waals surface area contributed by atoms with Gasteiger partial charge in [0, 0.05) is 10.7 Å². The molecule has 6 heteroatoms. The predicted molar refractivity (Wildman–Crippen MR) is 88.4 cm³/mol. The minimum absolute atomic E-state index is 0.146. The van der Waals surface area contributed by atoms with Gasteiger partial charge < -0.3 is 10.4 Å². The van der Waals surface area contributed by atoms with Crippen LogP contribution in [0.1, 0.15) is 12.5 Å². The Labute approximate surface area is 133 Å². The largest absolute Gasteiger partial charge is 0.508 e. The van der Waals surface area contributed by atoms with Crippen LogP contribution in [0.4, 0.5) is 5.69 Å². The normalized spacial score (nSPS) is 12.1. The van der Waals surface area contributed by atoms with Crippen LogP contribution in [-0.4, -0.2) is 23.3 Å². The zero-order valence-corrected chi connectivity index (χ0v) is 12.7. The van der Waals surface area contributed by atoms with Crippen molar-refractivity contribution in [2.45, 2.75) is 13.0 Å². The summed E-state index contributed by atoms with van der Waals surface area (Å²) in [5.74, 6) is -0.126. The number of hydrazone groups is 1. The Bertz CT molecular complexity index is 671. The number of anilines is 1. The van der Waals surface area contributed by atoms with Gasteiger partial charge in [0.1, 0.15) is 11.8 Å². The molecule has 3 N–H and O–H groups in total. The minimum Gasteiger partial charge on any atom is -0.508 e. The van der Waals surface area contributed by atoms with Gasteiger partial charge in [0.15, 0.2) is 0 Å². The average molecular weight is 318 g/mol. The lowest BCUT2D eigenvalue weighted by atomic mass is 10.2. The monoisotopic (exact) mass is 317 g/mol. The van der Waals surface area contributed by atoms with Gasteiger partial charge in [-0.1, -0.05) is 23.7 Å². The molecule has 0 saturated carbocycles. The molecule has 2 aromatic carbocycles. The molecule has 0 aliphatic carbocycles. The first kappa shape index (κ1) is 15.9. The molecule has 1 amide bonds. The first-order valence-corrected chi connectivity index (χ1v) is 7.06. The molecular weight excluding hydrogens is 302 g/mol. The fourth-order valence-electron chi connectivity index (χ4n) is 1.73. The average Bonchev–Trinajstić information content (AvgIpc) is 2.49. The molecule has 0 heterocycles. The summed E-state index contributed by atoms with van der Waals surface area (Å²) in [6.07, 6.45) is 1.46. The van der Waals surface area contributed by atoms with Crippen molar-refractivity contribution in [3.8, 4) is 5.75 Å². The van der Waals surface area contributed by atoms with Crippen LogP contribution >= 0.6 is 11.6 Å². The Morgan fingerprint density at radius 1 is 1.27 bits per heavy atom. The number of carbonyl (C=O) groups excluding carboxylic acids is 1. The molecule has 0 saturated heterocycles. The molecule has 5 nitrogen and oxygen atoms in total. The first-order valence-electron chi connectivity index (χ1n) is 6.68. The van der Waals surface area contributed by atoms with Gasteiger partial charge in [-0.25, -0.2) is 5.43 Å². The number of phenolic OH excluding ortho intramolecular Hbond substituents is 1. The number of hydrogen-bond acceptors (Lipinski definition) is 4. The van der Waals surface area contributed by atoms with Gasteiger partial charge in [0.2, 0.25) is 0 Å². The van der Waals surface area contributed by atoms with Crippen LogP contribution in [0.15, 0.2) is 53.6 Å². The maximum absolute atomic E-state index is 11.9. The van der Waals surface area contributed by atoms with E-state index in [2.05, 4.69) is 15.8 Å². The number of aromatic hydroxyl groups is 1. The second kappa shape index (κ2) is 7.47. The lowest BCUT2D eigenvalue weighted by Gasteiger charge is -2.13. The Balaban J connectivity index is 1.87. The highest BCUT2D eigenvalue weighted by Crippen LogP contribution is 2.14. The van der Waals surface area contributed by atoms with Gasteiger partial charge in [-0.2, -0.15) is 5.10 Å². The zero-order valence-electron chi connectivity index (χ0n) is 12.0. The Kier molecular flexibility index (Phi) is 5.38. The topological polar surface area (TPSA) is 73.7 Å². The summed E-state index contributed by atoms with van der Waals surface area (Å²) in [4.78, 5) is 11.9. The van der Waals surface area contributed by atoms with Crippen LogP contribution in [0.5, 0.6) is 5.75 Å². The van der Waals surface area contributed by atoms with E-state index in [9.17, 15) is 9.90 Å². The van der Waals surface area contributed by atoms with Crippen LogP contribution in [0, 0.1) is 0 Å². The number of benzene rings is 2. The standard InChI is InChI=1S/C16H16ClN3O2/c1-11(19-14-7-5-13(17)6-8-14)16(22)20-18-10-12-3-2-4-15(21)9-12/h2-11,19,21H,1H3,(H,20,22)/b18-10-/t11-/m0/s1. The third-order valence-electron chi connectivity index (χ3n) is 2.88. The molecule has 0 spiro atoms. The van der Waals surface area contributed by atoms with E-state index >= 15 is 0 Å². The number of nitrogens with one attached hydrogen (secondary N) is 2. The number of carbonyl (C=O) groups is 1. The molecule has 0 aliphatic rings. The van der Waals surface area contributed by atoms with Crippen molar-refractivity contribution in [3.63, 3.8) is 0 Å². The van der Waals surface area contributed by atoms with E-state index < -0.39 is 6.04 Å². The van der Waals surface area contributed by atoms with Crippen molar-refractivity contribution in [1.29, 1.82) is 0 Å². The molecule has 1 atom stereocenters. The van der Waals surface area contributed by atoms with Crippen LogP contribution in [-0.2, 0) is 4.79 Å². The zero-order chi connectivity index (χ0) is 15.9. The summed E-state index contributed by atoms with van der Waals surface area (Å²) in [6, 6.07) is 13.2. The highest BCUT2D eigenvalue weighted by atomic mass is 35.5. The third kappa shape index (κ3) is 4.79. The van der Waals surface area contributed by atoms with Gasteiger partial charge in [0.25, 0.3) is 5.91 Å². The van der Waals surface area contributed by atoms with Crippen LogP contribution < -0.4 is 10.7 Å². The summed E-state index contributed by atoms with van der Waals surface area (Å²) in [5.41, 5.74) is 3.93. The maximum atomic E-state index is 11.9. The van der Waals surface area contributed by atoms with Crippen molar-refractivity contribution in [2.75, 3.05) is 5.32 Å². The summed E-state index contributed by atoms with van der Waals surface area (Å²) in [7, 11) is 0. The van der Waals surface area contributed by atoms with E-state index in [-0.39, 0.29) is 11.7 Å². The first-order chi connectivity index (χ1) is 10.5. The molecule has 2 rings (SSSR count). The highest BCUT2D eigenvalue weighted by molar-refractivity contribution is 6.30. The summed E-state index contributed by atoms with van der Waals surface area (Å²) in [5, 5.41) is 16.9. The number of phenols is 1. The number of nitrogens with zero attached hydrogens (tertiary/aromatic N) is 1. The molecule has 2 aromatic rings. The number of amides is 1. The SMILES string of the molecule is C[C@H](Nc1ccc(Cl)cc1)C(=O)N/N=C\c1cccc(O)c1. The Morgan fingerprint density at radius 3 is 2.68 bits per heavy atom. The summed E-state index contributed by atoms with van der Waals surface area (Å²) >= 11 is 5.80. The maximum Gasteiger partial charge on any atom is 0.262 e. The van der Waals surface area contributed by atoms with E-state index in [1.165, 1.54) is 6.21 Å². The number of halogens is 1. The van der Waals surface area contributed by atoms with Gasteiger partial charge in [-0.05, 0) is 48.9 Å². The molecule has 0 unspecified atom stereocenters. The molecule has 0 bridgehead atoms. The molecule has 0 fully saturated rings. The molecule has 22 heavy (non-hydrogen) atoms. The van der Waals surface area contributed by atoms with Crippen molar-refractivity contribution in [1.82, 2.24) is 5.43 Å². The van der Waals surface area contributed by atoms with Crippen LogP contribution in [0.25, 0.3) is 0 Å². The van der Waals surface area contributed by atoms with Crippen molar-refractivity contribution in [3.05, 3.63) is 59.1 Å². The fourth-order valence-corrected chi connectivity index (χ4v) is 1.86. The van der Waals surface area contributed by atoms with Crippen LogP contribution in [0.3, 0.4) is 0 Å². The predicted octanol–water partition coefficient (Wildman–Crippen LogP) is 3.00. The van der Waals surface area contributed by atoms with E-state index in [0.717, 1.165) is 5.69 Å². The summed E-state index contributed by atoms with van der Waals surface area (Å²) < 4.78 is 0. The lowest BCUT2D eigenvalue weighted by molar-refractivity contribution is -0.121. The molecule has 0 aliphatic heterocycles. The van der Waals surface area contributed by atoms with Gasteiger partial charge in [-0.3, -0.25) is 4.79 Å². The van der Waals surface area contributed by atoms with E-state index in [4.69, 9.17) is 11.6 Å². The summed E-state index contributed by atoms with van der Waals surface area (Å²) in [6.45, 7) is 1.73. The van der Waals surface area contributed by atoms with E-state index in [1.54, 1.807) is 55.5 Å². The molecule has 114 valence electrons. The Morgan fingerprint density at radius 2 is 2.00 bits per heavy atom. The van der Waals surface area contributed by atoms with E-state index in [0.29, 0.717) is 10.6 Å². The van der Waals surface area contributed by atoms with Crippen molar-refractivity contribution < 1.29 is 9.90 Å². The van der Waals surface area contributed by atoms with E-state index in [1.807, 2.05) is 0 Å². The number of hydrogen-bond donors (Lipinski definition) is 3. The van der Waals surface area contributed by atoms with Crippen molar-refractivity contribution in [2.24, 2.45) is 5.10 Å². The highest BCUT2D eigenvalue weighted by Gasteiger charge is 2.11. The van der Waals surface area contributed by atoms with Crippen molar-refractivity contribution >= 4 is 29.4 Å². The fraction of sp³-hybridized carbons (Fsp3) is 0.125. The lowest BCUT2D eigenvalue weighted by Crippen LogP contribution is -2.34. The third-order valence-corrected chi connectivity index (χ3v) is 3.13. The van der Waals surface area contributed by atoms with Gasteiger partial charge in [0.05, 0.1) is 6.21 Å². The Hall–Kier alpha value is -2.53. The second-order valence-corrected chi connectivity index (χ2v) is 5.14. The number of rotatable bonds is 5. The molecule has 0 aromatic heterocycles. The smallest absolute Gasteiger partial charge is 0.262 e. The minimum atomic E-state index is -0.456. The van der Waals surface area contributed by atoms with Crippen LogP contribution in [0.2, 0.25) is 5.02 Å². The van der Waals surface area contributed by atoms with Gasteiger partial charge >= 0.3 is 0 Å². The second-order valence-electron chi connectivity index (χ2n) is 4.70. The van der Waals surface area contributed by atoms with Gasteiger partial charge in [-0.15, -0.1) is 0 Å². The molecular formula is C16H16ClN3O2. The molecule has 0 radical (unpaired) electrons.